The molecule has 0 spiro atoms. The van der Waals surface area contributed by atoms with Gasteiger partial charge < -0.3 is 9.84 Å². The lowest BCUT2D eigenvalue weighted by Crippen LogP contribution is -2.32. The number of hydrogen-bond donors (Lipinski definition) is 1. The Hall–Kier alpha value is -0.910. The Labute approximate surface area is 142 Å². The Bertz CT molecular complexity index is 593. The second kappa shape index (κ2) is 6.54. The van der Waals surface area contributed by atoms with Crippen LogP contribution in [0.1, 0.15) is 58.8 Å². The largest absolute Gasteiger partial charge is 0.478 e. The summed E-state index contributed by atoms with van der Waals surface area (Å²) in [7, 11) is 1.74. The highest BCUT2D eigenvalue weighted by atomic mass is 32.1. The van der Waals surface area contributed by atoms with E-state index < -0.39 is 5.97 Å². The standard InChI is InChI=1S/C18H27NO3S/c1-18(2)7-6-14-13(9-18)16(17(20)21)15(23-14)10-19-8-4-5-12(19)11-22-3/h12H,4-11H2,1-3H3,(H,20,21)/t12-/m0/s1. The fourth-order valence-electron chi connectivity index (χ4n) is 4.01. The molecule has 4 nitrogen and oxygen atoms in total. The van der Waals surface area contributed by atoms with Crippen molar-refractivity contribution >= 4 is 17.3 Å². The van der Waals surface area contributed by atoms with Crippen molar-refractivity contribution in [3.8, 4) is 0 Å². The average molecular weight is 337 g/mol. The molecule has 128 valence electrons. The number of carbonyl (C=O) groups is 1. The number of methoxy groups -OCH3 is 1. The molecule has 2 aliphatic rings. The molecule has 1 saturated heterocycles. The number of fused-ring (bicyclic) bond motifs is 1. The Kier molecular flexibility index (Phi) is 4.81. The number of aromatic carboxylic acids is 1. The monoisotopic (exact) mass is 337 g/mol. The highest BCUT2D eigenvalue weighted by molar-refractivity contribution is 7.12. The number of rotatable bonds is 5. The second-order valence-corrected chi connectivity index (χ2v) is 8.86. The number of carboxylic acids is 1. The van der Waals surface area contributed by atoms with Crippen molar-refractivity contribution in [3.05, 3.63) is 20.9 Å². The van der Waals surface area contributed by atoms with Crippen molar-refractivity contribution in [1.82, 2.24) is 4.90 Å². The summed E-state index contributed by atoms with van der Waals surface area (Å²) in [5, 5.41) is 9.79. The summed E-state index contributed by atoms with van der Waals surface area (Å²) in [6, 6.07) is 0.428. The highest BCUT2D eigenvalue weighted by Gasteiger charge is 2.34. The zero-order chi connectivity index (χ0) is 16.6. The van der Waals surface area contributed by atoms with Crippen LogP contribution >= 0.6 is 11.3 Å². The molecule has 0 aromatic carbocycles. The molecule has 0 unspecified atom stereocenters. The minimum absolute atomic E-state index is 0.210. The van der Waals surface area contributed by atoms with Crippen LogP contribution in [-0.4, -0.2) is 42.3 Å². The Morgan fingerprint density at radius 1 is 1.48 bits per heavy atom. The number of thiophene rings is 1. The lowest BCUT2D eigenvalue weighted by Gasteiger charge is -2.29. The van der Waals surface area contributed by atoms with E-state index in [4.69, 9.17) is 4.74 Å². The zero-order valence-corrected chi connectivity index (χ0v) is 15.2. The highest BCUT2D eigenvalue weighted by Crippen LogP contribution is 2.42. The maximum atomic E-state index is 11.9. The summed E-state index contributed by atoms with van der Waals surface area (Å²) < 4.78 is 5.33. The predicted octanol–water partition coefficient (Wildman–Crippen LogP) is 3.57. The van der Waals surface area contributed by atoms with E-state index in [1.165, 1.54) is 11.3 Å². The molecular formula is C18H27NO3S. The van der Waals surface area contributed by atoms with Crippen molar-refractivity contribution in [1.29, 1.82) is 0 Å². The van der Waals surface area contributed by atoms with E-state index in [1.54, 1.807) is 18.4 Å². The minimum atomic E-state index is -0.752. The number of nitrogens with zero attached hydrogens (tertiary/aromatic N) is 1. The molecule has 1 atom stereocenters. The van der Waals surface area contributed by atoms with Crippen molar-refractivity contribution < 1.29 is 14.6 Å². The first-order chi connectivity index (χ1) is 10.9. The van der Waals surface area contributed by atoms with Gasteiger partial charge in [0.15, 0.2) is 0 Å². The van der Waals surface area contributed by atoms with Crippen LogP contribution in [0.5, 0.6) is 0 Å². The SMILES string of the molecule is COC[C@@H]1CCCN1Cc1sc2c(c1C(=O)O)CC(C)(C)CC2. The summed E-state index contributed by atoms with van der Waals surface area (Å²) in [6.45, 7) is 7.03. The van der Waals surface area contributed by atoms with E-state index in [2.05, 4.69) is 18.7 Å². The Morgan fingerprint density at radius 3 is 2.96 bits per heavy atom. The minimum Gasteiger partial charge on any atom is -0.478 e. The van der Waals surface area contributed by atoms with Gasteiger partial charge >= 0.3 is 5.97 Å². The van der Waals surface area contributed by atoms with E-state index in [-0.39, 0.29) is 5.41 Å². The van der Waals surface area contributed by atoms with E-state index in [9.17, 15) is 9.90 Å². The molecule has 1 N–H and O–H groups in total. The Morgan fingerprint density at radius 2 is 2.26 bits per heavy atom. The van der Waals surface area contributed by atoms with Crippen LogP contribution in [0.2, 0.25) is 0 Å². The van der Waals surface area contributed by atoms with Crippen LogP contribution in [0.15, 0.2) is 0 Å². The molecule has 1 fully saturated rings. The molecule has 0 saturated carbocycles. The summed E-state index contributed by atoms with van der Waals surface area (Å²) in [6.07, 6.45) is 5.38. The molecule has 0 bridgehead atoms. The lowest BCUT2D eigenvalue weighted by atomic mass is 9.76. The van der Waals surface area contributed by atoms with E-state index in [0.29, 0.717) is 11.6 Å². The molecule has 0 radical (unpaired) electrons. The normalized spacial score (nSPS) is 23.9. The topological polar surface area (TPSA) is 49.8 Å². The number of aryl methyl sites for hydroxylation is 1. The van der Waals surface area contributed by atoms with Crippen LogP contribution in [0, 0.1) is 5.41 Å². The number of carboxylic acid groups (broad SMARTS) is 1. The molecule has 1 aromatic heterocycles. The van der Waals surface area contributed by atoms with Gasteiger partial charge in [-0.05, 0) is 49.6 Å². The van der Waals surface area contributed by atoms with Gasteiger partial charge in [-0.15, -0.1) is 11.3 Å². The first-order valence-electron chi connectivity index (χ1n) is 8.51. The van der Waals surface area contributed by atoms with Crippen molar-refractivity contribution in [2.45, 2.75) is 58.5 Å². The van der Waals surface area contributed by atoms with E-state index in [0.717, 1.165) is 55.8 Å². The van der Waals surface area contributed by atoms with Crippen molar-refractivity contribution in [3.63, 3.8) is 0 Å². The molecular weight excluding hydrogens is 310 g/mol. The maximum absolute atomic E-state index is 11.9. The van der Waals surface area contributed by atoms with Gasteiger partial charge in [0.05, 0.1) is 12.2 Å². The Balaban J connectivity index is 1.88. The first-order valence-corrected chi connectivity index (χ1v) is 9.32. The van der Waals surface area contributed by atoms with Gasteiger partial charge in [0, 0.05) is 29.5 Å². The summed E-state index contributed by atoms with van der Waals surface area (Å²) >= 11 is 1.73. The molecule has 0 amide bonds. The summed E-state index contributed by atoms with van der Waals surface area (Å²) in [4.78, 5) is 16.7. The second-order valence-electron chi connectivity index (χ2n) is 7.67. The third-order valence-electron chi connectivity index (χ3n) is 5.27. The van der Waals surface area contributed by atoms with Crippen LogP contribution in [0.25, 0.3) is 0 Å². The van der Waals surface area contributed by atoms with E-state index in [1.807, 2.05) is 0 Å². The fourth-order valence-corrected chi connectivity index (χ4v) is 5.35. The van der Waals surface area contributed by atoms with Crippen LogP contribution in [-0.2, 0) is 24.1 Å². The number of ether oxygens (including phenoxy) is 1. The summed E-state index contributed by atoms with van der Waals surface area (Å²) in [5.74, 6) is -0.752. The van der Waals surface area contributed by atoms with Crippen LogP contribution in [0.4, 0.5) is 0 Å². The van der Waals surface area contributed by atoms with Crippen LogP contribution in [0.3, 0.4) is 0 Å². The molecule has 1 aromatic rings. The number of hydrogen-bond acceptors (Lipinski definition) is 4. The summed E-state index contributed by atoms with van der Waals surface area (Å²) in [5.41, 5.74) is 1.92. The van der Waals surface area contributed by atoms with Gasteiger partial charge in [0.2, 0.25) is 0 Å². The third kappa shape index (κ3) is 3.47. The van der Waals surface area contributed by atoms with E-state index >= 15 is 0 Å². The smallest absolute Gasteiger partial charge is 0.337 e. The molecule has 1 aliphatic heterocycles. The quantitative estimate of drug-likeness (QED) is 0.892. The molecule has 23 heavy (non-hydrogen) atoms. The molecule has 1 aliphatic carbocycles. The zero-order valence-electron chi connectivity index (χ0n) is 14.4. The molecule has 3 rings (SSSR count). The van der Waals surface area contributed by atoms with Gasteiger partial charge in [-0.1, -0.05) is 13.8 Å². The van der Waals surface area contributed by atoms with Crippen molar-refractivity contribution in [2.24, 2.45) is 5.41 Å². The first kappa shape index (κ1) is 16.9. The molecule has 5 heteroatoms. The number of likely N-dealkylation sites (tertiary alicyclic amines) is 1. The van der Waals surface area contributed by atoms with Gasteiger partial charge in [-0.3, -0.25) is 4.90 Å². The molecule has 2 heterocycles. The van der Waals surface area contributed by atoms with Crippen LogP contribution < -0.4 is 0 Å². The van der Waals surface area contributed by atoms with Gasteiger partial charge in [-0.25, -0.2) is 4.79 Å². The fraction of sp³-hybridized carbons (Fsp3) is 0.722. The average Bonchev–Trinajstić information content (AvgIpc) is 3.03. The van der Waals surface area contributed by atoms with Crippen molar-refractivity contribution in [2.75, 3.05) is 20.3 Å². The maximum Gasteiger partial charge on any atom is 0.337 e. The third-order valence-corrected chi connectivity index (χ3v) is 6.54. The predicted molar refractivity (Wildman–Crippen MR) is 92.4 cm³/mol. The van der Waals surface area contributed by atoms with Gasteiger partial charge in [-0.2, -0.15) is 0 Å². The van der Waals surface area contributed by atoms with Gasteiger partial charge in [0.25, 0.3) is 0 Å². The lowest BCUT2D eigenvalue weighted by molar-refractivity contribution is 0.0691. The van der Waals surface area contributed by atoms with Gasteiger partial charge in [0.1, 0.15) is 0 Å².